The summed E-state index contributed by atoms with van der Waals surface area (Å²) in [5.74, 6) is 0. The number of hydrogen-bond donors (Lipinski definition) is 1. The monoisotopic (exact) mass is 245 g/mol. The topological polar surface area (TPSA) is 51.6 Å². The second-order valence-corrected chi connectivity index (χ2v) is 4.35. The standard InChI is InChI=1S/C14H15NO3/c16-12(9-13-17-7-8-18-13)11-5-1-3-10-4-2-6-15-14(10)11/h1-6,12-13,16H,7-9H2. The van der Waals surface area contributed by atoms with Crippen LogP contribution in [0.1, 0.15) is 18.1 Å². The molecule has 0 saturated carbocycles. The zero-order valence-electron chi connectivity index (χ0n) is 9.95. The van der Waals surface area contributed by atoms with Gasteiger partial charge in [-0.25, -0.2) is 0 Å². The van der Waals surface area contributed by atoms with Crippen LogP contribution in [-0.4, -0.2) is 29.6 Å². The lowest BCUT2D eigenvalue weighted by atomic mass is 10.0. The molecule has 3 rings (SSSR count). The fraction of sp³-hybridized carbons (Fsp3) is 0.357. The molecule has 0 aliphatic carbocycles. The molecule has 18 heavy (non-hydrogen) atoms. The summed E-state index contributed by atoms with van der Waals surface area (Å²) in [6, 6.07) is 9.69. The van der Waals surface area contributed by atoms with E-state index in [1.807, 2.05) is 30.3 Å². The molecule has 0 bridgehead atoms. The number of aliphatic hydroxyl groups is 1. The second-order valence-electron chi connectivity index (χ2n) is 4.35. The van der Waals surface area contributed by atoms with E-state index in [-0.39, 0.29) is 6.29 Å². The predicted molar refractivity (Wildman–Crippen MR) is 67.0 cm³/mol. The molecule has 2 aromatic rings. The molecule has 2 heterocycles. The SMILES string of the molecule is OC(CC1OCCO1)c1cccc2cccnc12. The minimum Gasteiger partial charge on any atom is -0.388 e. The molecule has 1 aliphatic heterocycles. The van der Waals surface area contributed by atoms with Crippen LogP contribution in [0.25, 0.3) is 10.9 Å². The van der Waals surface area contributed by atoms with Gasteiger partial charge in [-0.05, 0) is 6.07 Å². The normalized spacial score (nSPS) is 18.3. The van der Waals surface area contributed by atoms with Crippen LogP contribution in [0.3, 0.4) is 0 Å². The number of aliphatic hydroxyl groups excluding tert-OH is 1. The Hall–Kier alpha value is -1.49. The third kappa shape index (κ3) is 2.22. The van der Waals surface area contributed by atoms with Crippen molar-refractivity contribution in [3.8, 4) is 0 Å². The zero-order valence-corrected chi connectivity index (χ0v) is 9.95. The lowest BCUT2D eigenvalue weighted by molar-refractivity contribution is -0.0705. The van der Waals surface area contributed by atoms with E-state index in [0.29, 0.717) is 19.6 Å². The van der Waals surface area contributed by atoms with Crippen molar-refractivity contribution in [3.05, 3.63) is 42.1 Å². The molecular weight excluding hydrogens is 230 g/mol. The molecule has 1 aromatic heterocycles. The Kier molecular flexibility index (Phi) is 3.23. The van der Waals surface area contributed by atoms with Gasteiger partial charge in [0.1, 0.15) is 0 Å². The molecule has 1 unspecified atom stereocenters. The highest BCUT2D eigenvalue weighted by Crippen LogP contribution is 2.27. The minimum atomic E-state index is -0.619. The quantitative estimate of drug-likeness (QED) is 0.899. The van der Waals surface area contributed by atoms with Gasteiger partial charge >= 0.3 is 0 Å². The molecule has 1 fully saturated rings. The van der Waals surface area contributed by atoms with E-state index in [4.69, 9.17) is 9.47 Å². The molecule has 4 heteroatoms. The Bertz CT molecular complexity index is 532. The molecule has 0 amide bonds. The molecule has 0 radical (unpaired) electrons. The zero-order chi connectivity index (χ0) is 12.4. The van der Waals surface area contributed by atoms with Gasteiger partial charge in [0.05, 0.1) is 24.8 Å². The smallest absolute Gasteiger partial charge is 0.160 e. The number of para-hydroxylation sites is 1. The van der Waals surface area contributed by atoms with Crippen molar-refractivity contribution in [1.82, 2.24) is 4.98 Å². The summed E-state index contributed by atoms with van der Waals surface area (Å²) < 4.78 is 10.7. The highest BCUT2D eigenvalue weighted by molar-refractivity contribution is 5.81. The Morgan fingerprint density at radius 3 is 2.83 bits per heavy atom. The van der Waals surface area contributed by atoms with E-state index in [2.05, 4.69) is 4.98 Å². The molecule has 1 aromatic carbocycles. The molecule has 1 atom stereocenters. The van der Waals surface area contributed by atoms with E-state index < -0.39 is 6.10 Å². The maximum Gasteiger partial charge on any atom is 0.160 e. The number of hydrogen-bond acceptors (Lipinski definition) is 4. The molecule has 1 N–H and O–H groups in total. The maximum atomic E-state index is 10.3. The predicted octanol–water partition coefficient (Wildman–Crippen LogP) is 2.03. The molecular formula is C14H15NO3. The first-order valence-electron chi connectivity index (χ1n) is 6.09. The van der Waals surface area contributed by atoms with E-state index in [1.165, 1.54) is 0 Å². The Morgan fingerprint density at radius 1 is 1.22 bits per heavy atom. The highest BCUT2D eigenvalue weighted by atomic mass is 16.7. The van der Waals surface area contributed by atoms with E-state index >= 15 is 0 Å². The first-order valence-corrected chi connectivity index (χ1v) is 6.09. The van der Waals surface area contributed by atoms with E-state index in [9.17, 15) is 5.11 Å². The van der Waals surface area contributed by atoms with Crippen LogP contribution in [0, 0.1) is 0 Å². The first kappa shape index (κ1) is 11.6. The van der Waals surface area contributed by atoms with Crippen molar-refractivity contribution in [2.75, 3.05) is 13.2 Å². The minimum absolute atomic E-state index is 0.307. The Balaban J connectivity index is 1.88. The number of benzene rings is 1. The van der Waals surface area contributed by atoms with Crippen molar-refractivity contribution in [2.24, 2.45) is 0 Å². The van der Waals surface area contributed by atoms with Crippen molar-refractivity contribution < 1.29 is 14.6 Å². The Morgan fingerprint density at radius 2 is 2.00 bits per heavy atom. The molecule has 1 saturated heterocycles. The summed E-state index contributed by atoms with van der Waals surface area (Å²) in [4.78, 5) is 4.34. The van der Waals surface area contributed by atoms with Crippen LogP contribution < -0.4 is 0 Å². The van der Waals surface area contributed by atoms with Crippen LogP contribution in [-0.2, 0) is 9.47 Å². The fourth-order valence-corrected chi connectivity index (χ4v) is 2.25. The number of ether oxygens (including phenoxy) is 2. The fourth-order valence-electron chi connectivity index (χ4n) is 2.25. The van der Waals surface area contributed by atoms with Crippen molar-refractivity contribution in [1.29, 1.82) is 0 Å². The largest absolute Gasteiger partial charge is 0.388 e. The van der Waals surface area contributed by atoms with E-state index in [0.717, 1.165) is 16.5 Å². The lowest BCUT2D eigenvalue weighted by Crippen LogP contribution is -2.13. The maximum absolute atomic E-state index is 10.3. The third-order valence-corrected chi connectivity index (χ3v) is 3.13. The summed E-state index contributed by atoms with van der Waals surface area (Å²) in [6.45, 7) is 1.20. The van der Waals surface area contributed by atoms with Crippen LogP contribution >= 0.6 is 0 Å². The van der Waals surface area contributed by atoms with Crippen LogP contribution in [0.2, 0.25) is 0 Å². The van der Waals surface area contributed by atoms with Gasteiger partial charge in [-0.3, -0.25) is 4.98 Å². The van der Waals surface area contributed by atoms with Gasteiger partial charge in [-0.2, -0.15) is 0 Å². The lowest BCUT2D eigenvalue weighted by Gasteiger charge is -2.16. The van der Waals surface area contributed by atoms with Crippen molar-refractivity contribution in [2.45, 2.75) is 18.8 Å². The summed E-state index contributed by atoms with van der Waals surface area (Å²) in [5, 5.41) is 11.3. The van der Waals surface area contributed by atoms with Crippen LogP contribution in [0.4, 0.5) is 0 Å². The van der Waals surface area contributed by atoms with Crippen molar-refractivity contribution >= 4 is 10.9 Å². The van der Waals surface area contributed by atoms with Gasteiger partial charge in [-0.15, -0.1) is 0 Å². The number of pyridine rings is 1. The van der Waals surface area contributed by atoms with Crippen LogP contribution in [0.5, 0.6) is 0 Å². The van der Waals surface area contributed by atoms with Gasteiger partial charge in [0.25, 0.3) is 0 Å². The summed E-state index contributed by atoms with van der Waals surface area (Å²) >= 11 is 0. The summed E-state index contributed by atoms with van der Waals surface area (Å²) in [7, 11) is 0. The van der Waals surface area contributed by atoms with Crippen LogP contribution in [0.15, 0.2) is 36.5 Å². The Labute approximate surface area is 105 Å². The number of aromatic nitrogens is 1. The second kappa shape index (κ2) is 5.02. The summed E-state index contributed by atoms with van der Waals surface area (Å²) in [5.41, 5.74) is 1.66. The van der Waals surface area contributed by atoms with Gasteiger partial charge < -0.3 is 14.6 Å². The van der Waals surface area contributed by atoms with Gasteiger partial charge in [0.15, 0.2) is 6.29 Å². The molecule has 1 aliphatic rings. The van der Waals surface area contributed by atoms with Gasteiger partial charge in [0, 0.05) is 23.6 Å². The number of nitrogens with zero attached hydrogens (tertiary/aromatic N) is 1. The average Bonchev–Trinajstić information content (AvgIpc) is 2.91. The summed E-state index contributed by atoms with van der Waals surface area (Å²) in [6.07, 6.45) is 1.25. The average molecular weight is 245 g/mol. The van der Waals surface area contributed by atoms with Gasteiger partial charge in [-0.1, -0.05) is 24.3 Å². The third-order valence-electron chi connectivity index (χ3n) is 3.13. The van der Waals surface area contributed by atoms with Crippen molar-refractivity contribution in [3.63, 3.8) is 0 Å². The highest BCUT2D eigenvalue weighted by Gasteiger charge is 2.22. The van der Waals surface area contributed by atoms with Gasteiger partial charge in [0.2, 0.25) is 0 Å². The molecule has 4 nitrogen and oxygen atoms in total. The molecule has 94 valence electrons. The first-order chi connectivity index (χ1) is 8.84. The van der Waals surface area contributed by atoms with E-state index in [1.54, 1.807) is 6.20 Å². The molecule has 0 spiro atoms. The number of fused-ring (bicyclic) bond motifs is 1. The number of rotatable bonds is 3.